The van der Waals surface area contributed by atoms with Crippen molar-refractivity contribution in [3.63, 3.8) is 0 Å². The standard InChI is InChI=1S/C7H8F3N3O2/c1-6(2,7(8,9)10)12-4-5(3-11-12)13(14)15/h3-4H,1-2H3. The summed E-state index contributed by atoms with van der Waals surface area (Å²) in [5.41, 5.74) is -2.73. The first-order chi connectivity index (χ1) is 6.66. The molecule has 1 aromatic rings. The molecule has 0 saturated heterocycles. The summed E-state index contributed by atoms with van der Waals surface area (Å²) in [5.74, 6) is 0. The summed E-state index contributed by atoms with van der Waals surface area (Å²) in [6, 6.07) is 0. The van der Waals surface area contributed by atoms with Gasteiger partial charge in [-0.15, -0.1) is 0 Å². The zero-order valence-electron chi connectivity index (χ0n) is 7.95. The van der Waals surface area contributed by atoms with E-state index in [0.717, 1.165) is 26.2 Å². The summed E-state index contributed by atoms with van der Waals surface area (Å²) in [5, 5.41) is 13.6. The van der Waals surface area contributed by atoms with E-state index in [2.05, 4.69) is 5.10 Å². The molecule has 1 heterocycles. The number of hydrogen-bond donors (Lipinski definition) is 0. The van der Waals surface area contributed by atoms with Crippen molar-refractivity contribution in [3.8, 4) is 0 Å². The molecule has 0 amide bonds. The van der Waals surface area contributed by atoms with Crippen LogP contribution in [0.1, 0.15) is 13.8 Å². The maximum Gasteiger partial charge on any atom is 0.413 e. The molecule has 5 nitrogen and oxygen atoms in total. The number of hydrogen-bond acceptors (Lipinski definition) is 3. The smallest absolute Gasteiger partial charge is 0.258 e. The highest BCUT2D eigenvalue weighted by Gasteiger charge is 2.49. The molecule has 0 aliphatic carbocycles. The molecule has 0 bridgehead atoms. The van der Waals surface area contributed by atoms with Gasteiger partial charge >= 0.3 is 11.9 Å². The number of alkyl halides is 3. The van der Waals surface area contributed by atoms with Gasteiger partial charge < -0.3 is 0 Å². The maximum atomic E-state index is 12.5. The number of aromatic nitrogens is 2. The Labute approximate surface area is 82.6 Å². The predicted molar refractivity (Wildman–Crippen MR) is 44.3 cm³/mol. The molecule has 0 atom stereocenters. The lowest BCUT2D eigenvalue weighted by molar-refractivity contribution is -0.385. The van der Waals surface area contributed by atoms with Crippen molar-refractivity contribution in [1.82, 2.24) is 9.78 Å². The molecule has 15 heavy (non-hydrogen) atoms. The van der Waals surface area contributed by atoms with E-state index < -0.39 is 22.3 Å². The molecular weight excluding hydrogens is 215 g/mol. The van der Waals surface area contributed by atoms with Gasteiger partial charge in [0.1, 0.15) is 12.4 Å². The first kappa shape index (κ1) is 11.5. The van der Waals surface area contributed by atoms with Gasteiger partial charge in [0.2, 0.25) is 0 Å². The third kappa shape index (κ3) is 1.92. The van der Waals surface area contributed by atoms with Crippen LogP contribution < -0.4 is 0 Å². The van der Waals surface area contributed by atoms with Crippen molar-refractivity contribution < 1.29 is 18.1 Å². The Morgan fingerprint density at radius 2 is 2.00 bits per heavy atom. The van der Waals surface area contributed by atoms with Crippen LogP contribution in [0.3, 0.4) is 0 Å². The van der Waals surface area contributed by atoms with Gasteiger partial charge in [-0.1, -0.05) is 0 Å². The van der Waals surface area contributed by atoms with Crippen LogP contribution in [0.2, 0.25) is 0 Å². The lowest BCUT2D eigenvalue weighted by atomic mass is 10.1. The number of halogens is 3. The van der Waals surface area contributed by atoms with Crippen molar-refractivity contribution in [2.24, 2.45) is 0 Å². The third-order valence-corrected chi connectivity index (χ3v) is 2.05. The monoisotopic (exact) mass is 223 g/mol. The summed E-state index contributed by atoms with van der Waals surface area (Å²) in [7, 11) is 0. The molecule has 84 valence electrons. The molecule has 0 N–H and O–H groups in total. The Morgan fingerprint density at radius 1 is 1.47 bits per heavy atom. The SMILES string of the molecule is CC(C)(n1cc([N+](=O)[O-])cn1)C(F)(F)F. The van der Waals surface area contributed by atoms with Crippen molar-refractivity contribution in [2.75, 3.05) is 0 Å². The van der Waals surface area contributed by atoms with Gasteiger partial charge in [-0.05, 0) is 13.8 Å². The summed E-state index contributed by atoms with van der Waals surface area (Å²) in [6.45, 7) is 1.79. The average Bonchev–Trinajstić information content (AvgIpc) is 2.49. The lowest BCUT2D eigenvalue weighted by Gasteiger charge is -2.27. The molecule has 0 unspecified atom stereocenters. The van der Waals surface area contributed by atoms with Gasteiger partial charge in [-0.3, -0.25) is 14.8 Å². The number of nitrogens with zero attached hydrogens (tertiary/aromatic N) is 3. The lowest BCUT2D eigenvalue weighted by Crippen LogP contribution is -2.42. The molecule has 0 spiro atoms. The minimum Gasteiger partial charge on any atom is -0.258 e. The Bertz CT molecular complexity index is 383. The highest BCUT2D eigenvalue weighted by molar-refractivity contribution is 5.21. The Kier molecular flexibility index (Phi) is 2.46. The second-order valence-corrected chi connectivity index (χ2v) is 3.46. The molecule has 1 aromatic heterocycles. The molecule has 0 saturated carbocycles. The molecule has 0 aromatic carbocycles. The van der Waals surface area contributed by atoms with Crippen molar-refractivity contribution >= 4 is 5.69 Å². The van der Waals surface area contributed by atoms with Gasteiger partial charge in [0.05, 0.1) is 4.92 Å². The van der Waals surface area contributed by atoms with Crippen molar-refractivity contribution in [2.45, 2.75) is 25.6 Å². The maximum absolute atomic E-state index is 12.5. The van der Waals surface area contributed by atoms with Crippen LogP contribution in [-0.2, 0) is 5.54 Å². The molecule has 8 heteroatoms. The summed E-state index contributed by atoms with van der Waals surface area (Å²) >= 11 is 0. The fourth-order valence-electron chi connectivity index (χ4n) is 0.843. The molecule has 0 aliphatic rings. The minimum absolute atomic E-state index is 0.465. The van der Waals surface area contributed by atoms with E-state index in [9.17, 15) is 23.3 Å². The van der Waals surface area contributed by atoms with Crippen LogP contribution in [0.25, 0.3) is 0 Å². The van der Waals surface area contributed by atoms with E-state index in [1.807, 2.05) is 0 Å². The quantitative estimate of drug-likeness (QED) is 0.569. The fourth-order valence-corrected chi connectivity index (χ4v) is 0.843. The van der Waals surface area contributed by atoms with Crippen LogP contribution in [0.15, 0.2) is 12.4 Å². The Balaban J connectivity index is 3.11. The normalized spacial score (nSPS) is 12.9. The largest absolute Gasteiger partial charge is 0.413 e. The van der Waals surface area contributed by atoms with E-state index in [1.165, 1.54) is 0 Å². The van der Waals surface area contributed by atoms with Crippen LogP contribution >= 0.6 is 0 Å². The highest BCUT2D eigenvalue weighted by atomic mass is 19.4. The van der Waals surface area contributed by atoms with Crippen LogP contribution in [0.4, 0.5) is 18.9 Å². The summed E-state index contributed by atoms with van der Waals surface area (Å²) in [6.07, 6.45) is -2.98. The Morgan fingerprint density at radius 3 is 2.33 bits per heavy atom. The number of rotatable bonds is 2. The molecular formula is C7H8F3N3O2. The van der Waals surface area contributed by atoms with Crippen LogP contribution in [0, 0.1) is 10.1 Å². The van der Waals surface area contributed by atoms with E-state index in [0.29, 0.717) is 4.68 Å². The Hall–Kier alpha value is -1.60. The summed E-state index contributed by atoms with van der Waals surface area (Å²) < 4.78 is 38.0. The predicted octanol–water partition coefficient (Wildman–Crippen LogP) is 2.09. The second kappa shape index (κ2) is 3.21. The molecule has 1 rings (SSSR count). The highest BCUT2D eigenvalue weighted by Crippen LogP contribution is 2.36. The second-order valence-electron chi connectivity index (χ2n) is 3.46. The van der Waals surface area contributed by atoms with Crippen LogP contribution in [0.5, 0.6) is 0 Å². The van der Waals surface area contributed by atoms with Gasteiger partial charge in [0.15, 0.2) is 5.54 Å². The zero-order valence-corrected chi connectivity index (χ0v) is 7.95. The van der Waals surface area contributed by atoms with E-state index in [4.69, 9.17) is 0 Å². The van der Waals surface area contributed by atoms with Gasteiger partial charge in [-0.25, -0.2) is 0 Å². The van der Waals surface area contributed by atoms with Crippen molar-refractivity contribution in [1.29, 1.82) is 0 Å². The van der Waals surface area contributed by atoms with E-state index >= 15 is 0 Å². The van der Waals surface area contributed by atoms with Gasteiger partial charge in [0.25, 0.3) is 0 Å². The summed E-state index contributed by atoms with van der Waals surface area (Å²) in [4.78, 5) is 9.47. The van der Waals surface area contributed by atoms with Crippen LogP contribution in [-0.4, -0.2) is 20.9 Å². The first-order valence-corrected chi connectivity index (χ1v) is 3.92. The zero-order chi connectivity index (χ0) is 11.9. The topological polar surface area (TPSA) is 61.0 Å². The molecule has 0 aliphatic heterocycles. The fraction of sp³-hybridized carbons (Fsp3) is 0.571. The first-order valence-electron chi connectivity index (χ1n) is 3.92. The van der Waals surface area contributed by atoms with E-state index in [1.54, 1.807) is 0 Å². The van der Waals surface area contributed by atoms with E-state index in [-0.39, 0.29) is 0 Å². The van der Waals surface area contributed by atoms with Gasteiger partial charge in [0, 0.05) is 0 Å². The minimum atomic E-state index is -4.52. The number of nitro groups is 1. The molecule has 0 radical (unpaired) electrons. The average molecular weight is 223 g/mol. The third-order valence-electron chi connectivity index (χ3n) is 2.05. The van der Waals surface area contributed by atoms with Gasteiger partial charge in [-0.2, -0.15) is 18.3 Å². The molecule has 0 fully saturated rings. The van der Waals surface area contributed by atoms with Crippen molar-refractivity contribution in [3.05, 3.63) is 22.5 Å².